The van der Waals surface area contributed by atoms with Crippen molar-refractivity contribution in [1.82, 2.24) is 9.97 Å². The molecule has 2 aromatic rings. The van der Waals surface area contributed by atoms with E-state index < -0.39 is 5.63 Å². The molecule has 54 valence electrons. The Kier molecular flexibility index (Phi) is 1.18. The Bertz CT molecular complexity index is 430. The highest BCUT2D eigenvalue weighted by Gasteiger charge is 1.98. The Balaban J connectivity index is 3.03. The van der Waals surface area contributed by atoms with Gasteiger partial charge in [0.2, 0.25) is 0 Å². The van der Waals surface area contributed by atoms with Crippen LogP contribution in [0.15, 0.2) is 33.9 Å². The van der Waals surface area contributed by atoms with E-state index in [2.05, 4.69) is 14.4 Å². The molecule has 2 rings (SSSR count). The van der Waals surface area contributed by atoms with Gasteiger partial charge in [-0.15, -0.1) is 0 Å². The van der Waals surface area contributed by atoms with Crippen LogP contribution in [0.25, 0.3) is 11.0 Å². The third-order valence-electron chi connectivity index (χ3n) is 1.33. The van der Waals surface area contributed by atoms with Gasteiger partial charge >= 0.3 is 5.63 Å². The quantitative estimate of drug-likeness (QED) is 0.548. The molecular weight excluding hydrogens is 144 g/mol. The Labute approximate surface area is 61.5 Å². The van der Waals surface area contributed by atoms with E-state index in [4.69, 9.17) is 0 Å². The number of fused-ring (bicyclic) bond motifs is 1. The molecule has 4 nitrogen and oxygen atoms in total. The molecule has 0 atom stereocenters. The van der Waals surface area contributed by atoms with Gasteiger partial charge in [-0.25, -0.2) is 14.8 Å². The third-order valence-corrected chi connectivity index (χ3v) is 1.33. The fraction of sp³-hybridized carbons (Fsp3) is 0. The molecule has 0 aliphatic heterocycles. The number of hydrogen-bond donors (Lipinski definition) is 0. The summed E-state index contributed by atoms with van der Waals surface area (Å²) in [5.41, 5.74) is 0.384. The maximum absolute atomic E-state index is 10.9. The van der Waals surface area contributed by atoms with Gasteiger partial charge in [-0.05, 0) is 12.1 Å². The molecule has 2 aromatic heterocycles. The number of hydrogen-bond acceptors (Lipinski definition) is 4. The van der Waals surface area contributed by atoms with Crippen LogP contribution in [0.4, 0.5) is 0 Å². The van der Waals surface area contributed by atoms with Gasteiger partial charge in [-0.2, -0.15) is 0 Å². The molecule has 0 aromatic carbocycles. The number of pyridine rings is 1. The van der Waals surface area contributed by atoms with Crippen LogP contribution in [0.1, 0.15) is 0 Å². The minimum Gasteiger partial charge on any atom is -0.410 e. The number of nitrogens with zero attached hydrogens (tertiary/aromatic N) is 2. The fourth-order valence-corrected chi connectivity index (χ4v) is 0.845. The van der Waals surface area contributed by atoms with Crippen LogP contribution in [0.3, 0.4) is 0 Å². The summed E-state index contributed by atoms with van der Waals surface area (Å²) in [7, 11) is 0. The molecule has 0 fully saturated rings. The van der Waals surface area contributed by atoms with Gasteiger partial charge in [-0.3, -0.25) is 0 Å². The first-order valence-electron chi connectivity index (χ1n) is 3.06. The van der Waals surface area contributed by atoms with Gasteiger partial charge in [-0.1, -0.05) is 0 Å². The Morgan fingerprint density at radius 3 is 3.09 bits per heavy atom. The van der Waals surface area contributed by atoms with E-state index in [1.807, 2.05) is 0 Å². The topological polar surface area (TPSA) is 56.0 Å². The van der Waals surface area contributed by atoms with Gasteiger partial charge in [0.15, 0.2) is 11.9 Å². The van der Waals surface area contributed by atoms with Crippen molar-refractivity contribution in [1.29, 1.82) is 0 Å². The first-order valence-corrected chi connectivity index (χ1v) is 3.06. The molecule has 0 bridgehead atoms. The first kappa shape index (κ1) is 6.03. The predicted octanol–water partition coefficient (Wildman–Crippen LogP) is 0.583. The molecule has 0 saturated carbocycles. The average molecular weight is 148 g/mol. The van der Waals surface area contributed by atoms with Gasteiger partial charge in [0.25, 0.3) is 0 Å². The van der Waals surface area contributed by atoms with Crippen LogP contribution in [-0.2, 0) is 0 Å². The second kappa shape index (κ2) is 2.16. The Morgan fingerprint density at radius 2 is 2.27 bits per heavy atom. The first-order chi connectivity index (χ1) is 5.38. The average Bonchev–Trinajstić information content (AvgIpc) is 2.06. The lowest BCUT2D eigenvalue weighted by Gasteiger charge is -1.89. The van der Waals surface area contributed by atoms with Gasteiger partial charge < -0.3 is 4.42 Å². The molecule has 4 heteroatoms. The molecular formula is C7H4N2O2. The van der Waals surface area contributed by atoms with Crippen LogP contribution in [-0.4, -0.2) is 9.97 Å². The molecule has 0 N–H and O–H groups in total. The summed E-state index contributed by atoms with van der Waals surface area (Å²) in [5, 5.41) is 0. The standard InChI is InChI=1S/C7H4N2O2/c10-7-6-5(9-4-11-7)2-1-3-8-6/h1-4H. The zero-order valence-corrected chi connectivity index (χ0v) is 5.52. The Morgan fingerprint density at radius 1 is 1.36 bits per heavy atom. The summed E-state index contributed by atoms with van der Waals surface area (Å²) in [5.74, 6) is 0. The van der Waals surface area contributed by atoms with Crippen molar-refractivity contribution in [3.8, 4) is 0 Å². The highest BCUT2D eigenvalue weighted by Crippen LogP contribution is 1.99. The molecule has 0 unspecified atom stereocenters. The molecule has 0 aliphatic rings. The van der Waals surface area contributed by atoms with E-state index in [1.54, 1.807) is 12.1 Å². The number of rotatable bonds is 0. The van der Waals surface area contributed by atoms with E-state index >= 15 is 0 Å². The van der Waals surface area contributed by atoms with Crippen molar-refractivity contribution in [3.63, 3.8) is 0 Å². The minimum atomic E-state index is -0.449. The van der Waals surface area contributed by atoms with Crippen LogP contribution in [0.2, 0.25) is 0 Å². The van der Waals surface area contributed by atoms with Crippen LogP contribution >= 0.6 is 0 Å². The van der Waals surface area contributed by atoms with Crippen molar-refractivity contribution in [2.75, 3.05) is 0 Å². The summed E-state index contributed by atoms with van der Waals surface area (Å²) in [4.78, 5) is 18.5. The van der Waals surface area contributed by atoms with Gasteiger partial charge in [0.1, 0.15) is 0 Å². The van der Waals surface area contributed by atoms with Crippen LogP contribution in [0, 0.1) is 0 Å². The smallest absolute Gasteiger partial charge is 0.365 e. The summed E-state index contributed by atoms with van der Waals surface area (Å²) < 4.78 is 4.51. The summed E-state index contributed by atoms with van der Waals surface area (Å²) in [6, 6.07) is 3.42. The lowest BCUT2D eigenvalue weighted by Crippen LogP contribution is -2.01. The normalized spacial score (nSPS) is 10.2. The number of aromatic nitrogens is 2. The molecule has 11 heavy (non-hydrogen) atoms. The highest BCUT2D eigenvalue weighted by atomic mass is 16.4. The summed E-state index contributed by atoms with van der Waals surface area (Å²) >= 11 is 0. The van der Waals surface area contributed by atoms with Gasteiger partial charge in [0, 0.05) is 6.20 Å². The van der Waals surface area contributed by atoms with Crippen molar-refractivity contribution >= 4 is 11.0 Å². The second-order valence-electron chi connectivity index (χ2n) is 2.01. The van der Waals surface area contributed by atoms with E-state index in [-0.39, 0.29) is 5.52 Å². The molecule has 0 amide bonds. The zero-order valence-electron chi connectivity index (χ0n) is 5.52. The lowest BCUT2D eigenvalue weighted by atomic mass is 10.4. The van der Waals surface area contributed by atoms with Crippen LogP contribution in [0.5, 0.6) is 0 Å². The largest absolute Gasteiger partial charge is 0.410 e. The SMILES string of the molecule is O=c1ocnc2cccnc12. The predicted molar refractivity (Wildman–Crippen MR) is 38.1 cm³/mol. The zero-order chi connectivity index (χ0) is 7.68. The highest BCUT2D eigenvalue weighted by molar-refractivity contribution is 5.71. The lowest BCUT2D eigenvalue weighted by molar-refractivity contribution is 0.499. The maximum atomic E-state index is 10.9. The minimum absolute atomic E-state index is 0.273. The van der Waals surface area contributed by atoms with Gasteiger partial charge in [0.05, 0.1) is 5.52 Å². The molecule has 0 spiro atoms. The molecule has 0 aliphatic carbocycles. The summed E-state index contributed by atoms with van der Waals surface area (Å²) in [6.45, 7) is 0. The van der Waals surface area contributed by atoms with E-state index in [0.717, 1.165) is 6.39 Å². The van der Waals surface area contributed by atoms with E-state index in [0.29, 0.717) is 5.52 Å². The molecule has 0 saturated heterocycles. The van der Waals surface area contributed by atoms with E-state index in [1.165, 1.54) is 6.20 Å². The Hall–Kier alpha value is -1.71. The monoisotopic (exact) mass is 148 g/mol. The maximum Gasteiger partial charge on any atom is 0.365 e. The van der Waals surface area contributed by atoms with Crippen LogP contribution < -0.4 is 5.63 Å². The second-order valence-corrected chi connectivity index (χ2v) is 2.01. The van der Waals surface area contributed by atoms with E-state index in [9.17, 15) is 4.79 Å². The fourth-order valence-electron chi connectivity index (χ4n) is 0.845. The molecule has 2 heterocycles. The third kappa shape index (κ3) is 0.881. The van der Waals surface area contributed by atoms with Crippen molar-refractivity contribution < 1.29 is 4.42 Å². The summed E-state index contributed by atoms with van der Waals surface area (Å²) in [6.07, 6.45) is 2.65. The van der Waals surface area contributed by atoms with Crippen molar-refractivity contribution in [2.24, 2.45) is 0 Å². The van der Waals surface area contributed by atoms with Crippen molar-refractivity contribution in [2.45, 2.75) is 0 Å². The van der Waals surface area contributed by atoms with Crippen molar-refractivity contribution in [3.05, 3.63) is 35.1 Å². The molecule has 0 radical (unpaired) electrons.